The topological polar surface area (TPSA) is 105 Å². The highest BCUT2D eigenvalue weighted by Gasteiger charge is 2.34. The van der Waals surface area contributed by atoms with E-state index in [1.54, 1.807) is 29.2 Å². The number of carbonyl (C=O) groups excluding carboxylic acids is 1. The van der Waals surface area contributed by atoms with E-state index < -0.39 is 10.0 Å². The Labute approximate surface area is 198 Å². The molecule has 0 radical (unpaired) electrons. The summed E-state index contributed by atoms with van der Waals surface area (Å²) in [6.45, 7) is 3.52. The number of morpholine rings is 1. The normalized spacial score (nSPS) is 16.0. The second-order valence-electron chi connectivity index (χ2n) is 8.40. The van der Waals surface area contributed by atoms with Crippen LogP contribution in [0.1, 0.15) is 21.6 Å². The average molecular weight is 480 g/mol. The van der Waals surface area contributed by atoms with Gasteiger partial charge in [0.1, 0.15) is 11.5 Å². The fourth-order valence-corrected chi connectivity index (χ4v) is 4.77. The highest BCUT2D eigenvalue weighted by molar-refractivity contribution is 7.92. The summed E-state index contributed by atoms with van der Waals surface area (Å²) in [4.78, 5) is 26.8. The molecule has 10 heteroatoms. The molecule has 0 spiro atoms. The Morgan fingerprint density at radius 3 is 2.38 bits per heavy atom. The number of nitrogens with zero attached hydrogens (tertiary/aromatic N) is 4. The summed E-state index contributed by atoms with van der Waals surface area (Å²) in [5.41, 5.74) is 3.46. The molecule has 1 fully saturated rings. The van der Waals surface area contributed by atoms with E-state index in [-0.39, 0.29) is 5.91 Å². The van der Waals surface area contributed by atoms with Crippen LogP contribution in [0.4, 0.5) is 11.5 Å². The number of benzene rings is 2. The first-order valence-corrected chi connectivity index (χ1v) is 12.9. The van der Waals surface area contributed by atoms with Gasteiger partial charge in [-0.05, 0) is 29.8 Å². The summed E-state index contributed by atoms with van der Waals surface area (Å²) in [6, 6.07) is 16.7. The molecule has 34 heavy (non-hydrogen) atoms. The van der Waals surface area contributed by atoms with Crippen molar-refractivity contribution in [2.75, 3.05) is 42.2 Å². The van der Waals surface area contributed by atoms with E-state index in [1.807, 2.05) is 30.3 Å². The molecule has 1 saturated heterocycles. The number of carbonyl (C=O) groups is 1. The lowest BCUT2D eigenvalue weighted by atomic mass is 10.1. The Hall–Kier alpha value is -3.50. The van der Waals surface area contributed by atoms with Gasteiger partial charge in [-0.3, -0.25) is 9.52 Å². The fraction of sp³-hybridized carbons (Fsp3) is 0.292. The van der Waals surface area contributed by atoms with Crippen molar-refractivity contribution in [2.45, 2.75) is 13.1 Å². The predicted molar refractivity (Wildman–Crippen MR) is 129 cm³/mol. The zero-order valence-electron chi connectivity index (χ0n) is 18.8. The van der Waals surface area contributed by atoms with Gasteiger partial charge in [0.05, 0.1) is 26.0 Å². The average Bonchev–Trinajstić information content (AvgIpc) is 3.14. The number of hydrogen-bond acceptors (Lipinski definition) is 7. The van der Waals surface area contributed by atoms with Crippen molar-refractivity contribution in [3.63, 3.8) is 0 Å². The molecule has 0 bridgehead atoms. The highest BCUT2D eigenvalue weighted by Crippen LogP contribution is 2.33. The molecule has 9 nitrogen and oxygen atoms in total. The molecule has 176 valence electrons. The maximum Gasteiger partial charge on any atom is 0.273 e. The SMILES string of the molecule is CS(=O)(=O)Nc1ccc(-c2nc3c(c(N4CCOCC4)n2)CN(Cc2ccccc2)C3=O)cc1. The van der Waals surface area contributed by atoms with E-state index >= 15 is 0 Å². The Morgan fingerprint density at radius 1 is 1.00 bits per heavy atom. The molecule has 0 unspecified atom stereocenters. The van der Waals surface area contributed by atoms with Gasteiger partial charge in [-0.15, -0.1) is 0 Å². The third kappa shape index (κ3) is 4.73. The standard InChI is InChI=1S/C24H25N5O4S/c1-34(31,32)27-19-9-7-18(8-10-19)22-25-21-20(23(26-22)28-11-13-33-14-12-28)16-29(24(21)30)15-17-5-3-2-4-6-17/h2-10,27H,11-16H2,1H3. The number of aromatic nitrogens is 2. The molecule has 2 aliphatic rings. The predicted octanol–water partition coefficient (Wildman–Crippen LogP) is 2.51. The summed E-state index contributed by atoms with van der Waals surface area (Å²) < 4.78 is 31.0. The monoisotopic (exact) mass is 479 g/mol. The lowest BCUT2D eigenvalue weighted by Gasteiger charge is -2.29. The van der Waals surface area contributed by atoms with Crippen LogP contribution < -0.4 is 9.62 Å². The van der Waals surface area contributed by atoms with E-state index in [0.717, 1.165) is 23.2 Å². The summed E-state index contributed by atoms with van der Waals surface area (Å²) in [5.74, 6) is 1.07. The molecular formula is C24H25N5O4S. The number of rotatable bonds is 6. The van der Waals surface area contributed by atoms with Crippen LogP contribution in [0, 0.1) is 0 Å². The van der Waals surface area contributed by atoms with Crippen molar-refractivity contribution >= 4 is 27.4 Å². The summed E-state index contributed by atoms with van der Waals surface area (Å²) in [6.07, 6.45) is 1.10. The van der Waals surface area contributed by atoms with Gasteiger partial charge < -0.3 is 14.5 Å². The number of anilines is 2. The van der Waals surface area contributed by atoms with E-state index in [9.17, 15) is 13.2 Å². The van der Waals surface area contributed by atoms with Gasteiger partial charge in [0.2, 0.25) is 10.0 Å². The van der Waals surface area contributed by atoms with Crippen LogP contribution in [0.5, 0.6) is 0 Å². The molecule has 0 saturated carbocycles. The Bertz CT molecular complexity index is 1310. The van der Waals surface area contributed by atoms with Crippen LogP contribution in [0.2, 0.25) is 0 Å². The molecule has 5 rings (SSSR count). The minimum Gasteiger partial charge on any atom is -0.378 e. The van der Waals surface area contributed by atoms with E-state index in [0.29, 0.717) is 62.2 Å². The van der Waals surface area contributed by atoms with E-state index in [2.05, 4.69) is 14.6 Å². The molecule has 1 amide bonds. The first kappa shape index (κ1) is 22.3. The van der Waals surface area contributed by atoms with Gasteiger partial charge in [0.15, 0.2) is 5.82 Å². The number of amides is 1. The second-order valence-corrected chi connectivity index (χ2v) is 10.1. The molecule has 2 aromatic carbocycles. The molecule has 0 aliphatic carbocycles. The molecule has 3 heterocycles. The smallest absolute Gasteiger partial charge is 0.273 e. The van der Waals surface area contributed by atoms with Crippen molar-refractivity contribution in [1.82, 2.24) is 14.9 Å². The minimum absolute atomic E-state index is 0.118. The summed E-state index contributed by atoms with van der Waals surface area (Å²) >= 11 is 0. The van der Waals surface area contributed by atoms with E-state index in [4.69, 9.17) is 9.72 Å². The molecule has 1 aromatic heterocycles. The van der Waals surface area contributed by atoms with Gasteiger partial charge >= 0.3 is 0 Å². The number of nitrogens with one attached hydrogen (secondary N) is 1. The lowest BCUT2D eigenvalue weighted by molar-refractivity contribution is 0.0762. The van der Waals surface area contributed by atoms with Gasteiger partial charge in [0.25, 0.3) is 5.91 Å². The summed E-state index contributed by atoms with van der Waals surface area (Å²) in [5, 5.41) is 0. The van der Waals surface area contributed by atoms with Crippen molar-refractivity contribution in [3.05, 3.63) is 71.4 Å². The Kier molecular flexibility index (Phi) is 5.93. The number of ether oxygens (including phenoxy) is 1. The molecular weight excluding hydrogens is 454 g/mol. The van der Waals surface area contributed by atoms with Crippen molar-refractivity contribution < 1.29 is 17.9 Å². The molecule has 2 aliphatic heterocycles. The second kappa shape index (κ2) is 9.03. The largest absolute Gasteiger partial charge is 0.378 e. The van der Waals surface area contributed by atoms with Crippen LogP contribution >= 0.6 is 0 Å². The molecule has 3 aromatic rings. The first-order chi connectivity index (χ1) is 16.4. The van der Waals surface area contributed by atoms with Crippen molar-refractivity contribution in [1.29, 1.82) is 0 Å². The zero-order valence-corrected chi connectivity index (χ0v) is 19.6. The third-order valence-corrected chi connectivity index (χ3v) is 6.40. The highest BCUT2D eigenvalue weighted by atomic mass is 32.2. The van der Waals surface area contributed by atoms with Crippen LogP contribution in [-0.2, 0) is 27.8 Å². The maximum absolute atomic E-state index is 13.3. The van der Waals surface area contributed by atoms with Crippen molar-refractivity contribution in [3.8, 4) is 11.4 Å². The van der Waals surface area contributed by atoms with Gasteiger partial charge in [-0.25, -0.2) is 18.4 Å². The molecule has 0 atom stereocenters. The first-order valence-electron chi connectivity index (χ1n) is 11.0. The number of fused-ring (bicyclic) bond motifs is 1. The Balaban J connectivity index is 1.51. The van der Waals surface area contributed by atoms with Crippen LogP contribution in [0.3, 0.4) is 0 Å². The zero-order chi connectivity index (χ0) is 23.7. The van der Waals surface area contributed by atoms with Crippen LogP contribution in [0.15, 0.2) is 54.6 Å². The summed E-state index contributed by atoms with van der Waals surface area (Å²) in [7, 11) is -3.37. The fourth-order valence-electron chi connectivity index (χ4n) is 4.21. The minimum atomic E-state index is -3.37. The lowest BCUT2D eigenvalue weighted by Crippen LogP contribution is -2.37. The van der Waals surface area contributed by atoms with Gasteiger partial charge in [-0.1, -0.05) is 30.3 Å². The third-order valence-electron chi connectivity index (χ3n) is 5.80. The Morgan fingerprint density at radius 2 is 1.71 bits per heavy atom. The van der Waals surface area contributed by atoms with Gasteiger partial charge in [-0.2, -0.15) is 0 Å². The van der Waals surface area contributed by atoms with Crippen LogP contribution in [0.25, 0.3) is 11.4 Å². The van der Waals surface area contributed by atoms with E-state index in [1.165, 1.54) is 0 Å². The van der Waals surface area contributed by atoms with Gasteiger partial charge in [0, 0.05) is 36.4 Å². The molecule has 1 N–H and O–H groups in total. The number of hydrogen-bond donors (Lipinski definition) is 1. The number of sulfonamides is 1. The maximum atomic E-state index is 13.3. The van der Waals surface area contributed by atoms with Crippen molar-refractivity contribution in [2.24, 2.45) is 0 Å². The van der Waals surface area contributed by atoms with Crippen LogP contribution in [-0.4, -0.2) is 61.8 Å². The quantitative estimate of drug-likeness (QED) is 0.579.